The molecule has 1 atom stereocenters. The molecule has 1 aromatic rings. The van der Waals surface area contributed by atoms with E-state index in [0.29, 0.717) is 6.04 Å². The fourth-order valence-corrected chi connectivity index (χ4v) is 3.52. The molecular weight excluding hydrogens is 244 g/mol. The predicted molar refractivity (Wildman–Crippen MR) is 87.1 cm³/mol. The Morgan fingerprint density at radius 1 is 1.15 bits per heavy atom. The average molecular weight is 274 g/mol. The van der Waals surface area contributed by atoms with Crippen molar-refractivity contribution in [3.8, 4) is 0 Å². The van der Waals surface area contributed by atoms with Gasteiger partial charge < -0.3 is 5.32 Å². The summed E-state index contributed by atoms with van der Waals surface area (Å²) in [5, 5.41) is 3.58. The van der Waals surface area contributed by atoms with Gasteiger partial charge in [-0.05, 0) is 64.7 Å². The molecule has 2 heteroatoms. The van der Waals surface area contributed by atoms with Crippen LogP contribution in [0.25, 0.3) is 0 Å². The van der Waals surface area contributed by atoms with Crippen molar-refractivity contribution in [3.63, 3.8) is 0 Å². The van der Waals surface area contributed by atoms with Crippen molar-refractivity contribution in [3.05, 3.63) is 34.9 Å². The van der Waals surface area contributed by atoms with E-state index in [0.717, 1.165) is 19.0 Å². The number of nitrogens with one attached hydrogen (secondary N) is 1. The third-order valence-corrected chi connectivity index (χ3v) is 4.55. The largest absolute Gasteiger partial charge is 0.314 e. The van der Waals surface area contributed by atoms with E-state index >= 15 is 0 Å². The van der Waals surface area contributed by atoms with Gasteiger partial charge in [0.2, 0.25) is 0 Å². The number of rotatable bonds is 5. The van der Waals surface area contributed by atoms with Gasteiger partial charge in [-0.2, -0.15) is 0 Å². The minimum Gasteiger partial charge on any atom is -0.314 e. The van der Waals surface area contributed by atoms with Gasteiger partial charge >= 0.3 is 0 Å². The molecule has 0 amide bonds. The van der Waals surface area contributed by atoms with Crippen LogP contribution in [0.1, 0.15) is 43.4 Å². The fourth-order valence-electron chi connectivity index (χ4n) is 3.52. The van der Waals surface area contributed by atoms with E-state index in [-0.39, 0.29) is 0 Å². The van der Waals surface area contributed by atoms with E-state index in [1.165, 1.54) is 42.6 Å². The van der Waals surface area contributed by atoms with Gasteiger partial charge in [0.05, 0.1) is 0 Å². The van der Waals surface area contributed by atoms with Crippen molar-refractivity contribution in [2.24, 2.45) is 5.92 Å². The lowest BCUT2D eigenvalue weighted by Gasteiger charge is -2.35. The first kappa shape index (κ1) is 15.5. The summed E-state index contributed by atoms with van der Waals surface area (Å²) in [6, 6.07) is 7.59. The third kappa shape index (κ3) is 4.32. The number of likely N-dealkylation sites (tertiary alicyclic amines) is 1. The fraction of sp³-hybridized carbons (Fsp3) is 0.667. The molecule has 0 bridgehead atoms. The maximum Gasteiger partial charge on any atom is 0.0233 e. The van der Waals surface area contributed by atoms with Crippen molar-refractivity contribution >= 4 is 0 Å². The first-order valence-electron chi connectivity index (χ1n) is 8.11. The van der Waals surface area contributed by atoms with E-state index in [1.807, 2.05) is 0 Å². The molecule has 1 fully saturated rings. The number of benzene rings is 1. The molecule has 20 heavy (non-hydrogen) atoms. The van der Waals surface area contributed by atoms with Crippen molar-refractivity contribution in [2.75, 3.05) is 19.6 Å². The molecule has 1 aromatic carbocycles. The molecular formula is C18H30N2. The number of hydrogen-bond donors (Lipinski definition) is 1. The van der Waals surface area contributed by atoms with Gasteiger partial charge in [-0.1, -0.05) is 36.2 Å². The highest BCUT2D eigenvalue weighted by Crippen LogP contribution is 2.22. The Morgan fingerprint density at radius 2 is 1.75 bits per heavy atom. The predicted octanol–water partition coefficient (Wildman–Crippen LogP) is 3.51. The lowest BCUT2D eigenvalue weighted by molar-refractivity contribution is 0.157. The van der Waals surface area contributed by atoms with Crippen LogP contribution >= 0.6 is 0 Å². The lowest BCUT2D eigenvalue weighted by atomic mass is 9.90. The van der Waals surface area contributed by atoms with Crippen molar-refractivity contribution in [2.45, 2.75) is 53.1 Å². The van der Waals surface area contributed by atoms with Crippen LogP contribution in [0.3, 0.4) is 0 Å². The molecule has 1 saturated heterocycles. The Kier molecular flexibility index (Phi) is 5.62. The zero-order valence-electron chi connectivity index (χ0n) is 13.6. The molecule has 0 radical (unpaired) electrons. The standard InChI is InChI=1S/C18H30N2/c1-5-19-16(4)18-6-8-20(9-7-18)13-17-11-14(2)10-15(3)12-17/h10-12,16,18-19H,5-9,13H2,1-4H3. The molecule has 0 aromatic heterocycles. The monoisotopic (exact) mass is 274 g/mol. The Hall–Kier alpha value is -0.860. The number of piperidine rings is 1. The highest BCUT2D eigenvalue weighted by molar-refractivity contribution is 5.28. The zero-order chi connectivity index (χ0) is 14.5. The summed E-state index contributed by atoms with van der Waals surface area (Å²) in [5.74, 6) is 0.852. The van der Waals surface area contributed by atoms with Gasteiger partial charge in [0.1, 0.15) is 0 Å². The van der Waals surface area contributed by atoms with Gasteiger partial charge in [-0.15, -0.1) is 0 Å². The number of nitrogens with zero attached hydrogens (tertiary/aromatic N) is 1. The van der Waals surface area contributed by atoms with Crippen molar-refractivity contribution in [1.29, 1.82) is 0 Å². The molecule has 2 nitrogen and oxygen atoms in total. The third-order valence-electron chi connectivity index (χ3n) is 4.55. The topological polar surface area (TPSA) is 15.3 Å². The van der Waals surface area contributed by atoms with Crippen LogP contribution in [-0.4, -0.2) is 30.6 Å². The molecule has 2 rings (SSSR count). The molecule has 1 aliphatic rings. The van der Waals surface area contributed by atoms with Crippen LogP contribution in [0, 0.1) is 19.8 Å². The van der Waals surface area contributed by atoms with Gasteiger partial charge in [-0.25, -0.2) is 0 Å². The van der Waals surface area contributed by atoms with Gasteiger partial charge in [-0.3, -0.25) is 4.90 Å². The van der Waals surface area contributed by atoms with Crippen LogP contribution in [0.5, 0.6) is 0 Å². The second kappa shape index (κ2) is 7.24. The van der Waals surface area contributed by atoms with Crippen LogP contribution in [0.2, 0.25) is 0 Å². The van der Waals surface area contributed by atoms with Crippen molar-refractivity contribution in [1.82, 2.24) is 10.2 Å². The minimum absolute atomic E-state index is 0.670. The maximum atomic E-state index is 3.58. The summed E-state index contributed by atoms with van der Waals surface area (Å²) in [6.07, 6.45) is 2.66. The second-order valence-corrected chi connectivity index (χ2v) is 6.46. The van der Waals surface area contributed by atoms with Crippen LogP contribution in [0.4, 0.5) is 0 Å². The first-order chi connectivity index (χ1) is 9.58. The van der Waals surface area contributed by atoms with Gasteiger partial charge in [0.25, 0.3) is 0 Å². The molecule has 0 spiro atoms. The zero-order valence-corrected chi connectivity index (χ0v) is 13.6. The normalized spacial score (nSPS) is 19.2. The molecule has 112 valence electrons. The van der Waals surface area contributed by atoms with Gasteiger partial charge in [0, 0.05) is 12.6 Å². The first-order valence-corrected chi connectivity index (χ1v) is 8.11. The molecule has 1 unspecified atom stereocenters. The number of hydrogen-bond acceptors (Lipinski definition) is 2. The van der Waals surface area contributed by atoms with E-state index in [4.69, 9.17) is 0 Å². The highest BCUT2D eigenvalue weighted by atomic mass is 15.1. The van der Waals surface area contributed by atoms with Crippen LogP contribution in [0.15, 0.2) is 18.2 Å². The van der Waals surface area contributed by atoms with Crippen molar-refractivity contribution < 1.29 is 0 Å². The summed E-state index contributed by atoms with van der Waals surface area (Å²) in [4.78, 5) is 2.61. The van der Waals surface area contributed by atoms with Crippen LogP contribution in [-0.2, 0) is 6.54 Å². The molecule has 1 aliphatic heterocycles. The summed E-state index contributed by atoms with van der Waals surface area (Å²) in [7, 11) is 0. The second-order valence-electron chi connectivity index (χ2n) is 6.46. The average Bonchev–Trinajstić information content (AvgIpc) is 2.38. The lowest BCUT2D eigenvalue weighted by Crippen LogP contribution is -2.41. The maximum absolute atomic E-state index is 3.58. The summed E-state index contributed by atoms with van der Waals surface area (Å²) < 4.78 is 0. The van der Waals surface area contributed by atoms with Crippen LogP contribution < -0.4 is 5.32 Å². The molecule has 0 aliphatic carbocycles. The molecule has 0 saturated carbocycles. The summed E-state index contributed by atoms with van der Waals surface area (Å²) >= 11 is 0. The van der Waals surface area contributed by atoms with E-state index in [1.54, 1.807) is 0 Å². The minimum atomic E-state index is 0.670. The smallest absolute Gasteiger partial charge is 0.0233 e. The molecule has 1 heterocycles. The Labute approximate surface area is 124 Å². The Bertz CT molecular complexity index is 399. The Morgan fingerprint density at radius 3 is 2.30 bits per heavy atom. The van der Waals surface area contributed by atoms with E-state index < -0.39 is 0 Å². The Balaban J connectivity index is 1.85. The van der Waals surface area contributed by atoms with E-state index in [9.17, 15) is 0 Å². The SMILES string of the molecule is CCNC(C)C1CCN(Cc2cc(C)cc(C)c2)CC1. The highest BCUT2D eigenvalue weighted by Gasteiger charge is 2.23. The number of aryl methyl sites for hydroxylation is 2. The summed E-state index contributed by atoms with van der Waals surface area (Å²) in [6.45, 7) is 13.6. The van der Waals surface area contributed by atoms with E-state index in [2.05, 4.69) is 56.1 Å². The quantitative estimate of drug-likeness (QED) is 0.884. The molecule has 1 N–H and O–H groups in total. The van der Waals surface area contributed by atoms with Gasteiger partial charge in [0.15, 0.2) is 0 Å². The summed E-state index contributed by atoms with van der Waals surface area (Å²) in [5.41, 5.74) is 4.24.